The van der Waals surface area contributed by atoms with Gasteiger partial charge in [0.15, 0.2) is 0 Å². The van der Waals surface area contributed by atoms with Crippen LogP contribution in [-0.2, 0) is 17.6 Å². The van der Waals surface area contributed by atoms with E-state index < -0.39 is 0 Å². The van der Waals surface area contributed by atoms with Crippen LogP contribution in [0.4, 0.5) is 5.00 Å². The fourth-order valence-electron chi connectivity index (χ4n) is 4.55. The number of benzene rings is 2. The highest BCUT2D eigenvalue weighted by atomic mass is 32.1. The van der Waals surface area contributed by atoms with E-state index in [1.54, 1.807) is 18.4 Å². The number of fused-ring (bicyclic) bond motifs is 2. The van der Waals surface area contributed by atoms with Crippen molar-refractivity contribution < 1.29 is 23.4 Å². The fourth-order valence-corrected chi connectivity index (χ4v) is 5.81. The van der Waals surface area contributed by atoms with Crippen molar-refractivity contribution in [3.63, 3.8) is 0 Å². The van der Waals surface area contributed by atoms with Crippen LogP contribution in [0.15, 0.2) is 57.9 Å². The minimum Gasteiger partial charge on any atom is -0.497 e. The van der Waals surface area contributed by atoms with Crippen LogP contribution in [0, 0.1) is 0 Å². The molecule has 0 spiro atoms. The number of thiophene rings is 1. The summed E-state index contributed by atoms with van der Waals surface area (Å²) in [6.45, 7) is 4.67. The molecule has 4 aromatic rings. The molecule has 6 nitrogen and oxygen atoms in total. The second-order valence-electron chi connectivity index (χ2n) is 8.54. The maximum Gasteiger partial charge on any atom is 0.341 e. The summed E-state index contributed by atoms with van der Waals surface area (Å²) in [5.74, 6) is 1.89. The van der Waals surface area contributed by atoms with E-state index in [0.717, 1.165) is 53.7 Å². The Morgan fingerprint density at radius 2 is 1.78 bits per heavy atom. The van der Waals surface area contributed by atoms with Crippen molar-refractivity contribution in [1.82, 2.24) is 0 Å². The molecule has 0 amide bonds. The number of rotatable bonds is 7. The largest absolute Gasteiger partial charge is 0.497 e. The highest BCUT2D eigenvalue weighted by Gasteiger charge is 2.26. The summed E-state index contributed by atoms with van der Waals surface area (Å²) in [5.41, 5.74) is 3.29. The molecular weight excluding hydrogens is 474 g/mol. The number of carbonyl (C=O) groups is 1. The lowest BCUT2D eigenvalue weighted by Gasteiger charge is -2.12. The topological polar surface area (TPSA) is 70.3 Å². The Morgan fingerprint density at radius 1 is 1.00 bits per heavy atom. The number of methoxy groups -OCH3 is 1. The summed E-state index contributed by atoms with van der Waals surface area (Å²) in [6.07, 6.45) is 4.05. The maximum atomic E-state index is 13.0. The SMILES string of the molecule is CCOC(=O)c1c(/N=c2\cc(-c3ccc(OC)cc3)oc3ccc(OCC)cc23)sc2c1CCCC2. The van der Waals surface area contributed by atoms with E-state index in [0.29, 0.717) is 40.5 Å². The van der Waals surface area contributed by atoms with E-state index in [2.05, 4.69) is 0 Å². The summed E-state index contributed by atoms with van der Waals surface area (Å²) in [7, 11) is 1.64. The molecule has 2 aromatic carbocycles. The lowest BCUT2D eigenvalue weighted by atomic mass is 9.95. The number of carbonyl (C=O) groups excluding carboxylic acids is 1. The average Bonchev–Trinajstić information content (AvgIpc) is 3.27. The summed E-state index contributed by atoms with van der Waals surface area (Å²) in [4.78, 5) is 19.3. The molecule has 0 bridgehead atoms. The number of nitrogens with zero attached hydrogens (tertiary/aromatic N) is 1. The van der Waals surface area contributed by atoms with Crippen molar-refractivity contribution in [2.24, 2.45) is 4.99 Å². The first kappa shape index (κ1) is 24.1. The summed E-state index contributed by atoms with van der Waals surface area (Å²) in [5, 5.41) is 2.22. The van der Waals surface area contributed by atoms with E-state index in [-0.39, 0.29) is 5.97 Å². The van der Waals surface area contributed by atoms with Crippen molar-refractivity contribution in [3.05, 3.63) is 69.9 Å². The molecule has 0 radical (unpaired) electrons. The molecule has 0 aliphatic heterocycles. The van der Waals surface area contributed by atoms with E-state index in [1.165, 1.54) is 4.88 Å². The van der Waals surface area contributed by atoms with Gasteiger partial charge in [0.2, 0.25) is 0 Å². The van der Waals surface area contributed by atoms with Crippen LogP contribution in [0.1, 0.15) is 47.5 Å². The minimum absolute atomic E-state index is 0.300. The van der Waals surface area contributed by atoms with E-state index in [1.807, 2.05) is 62.4 Å². The Morgan fingerprint density at radius 3 is 2.53 bits per heavy atom. The van der Waals surface area contributed by atoms with Crippen molar-refractivity contribution in [3.8, 4) is 22.8 Å². The number of hydrogen-bond acceptors (Lipinski definition) is 7. The van der Waals surface area contributed by atoms with Gasteiger partial charge in [0.25, 0.3) is 0 Å². The molecular formula is C29H29NO5S. The maximum absolute atomic E-state index is 13.0. The van der Waals surface area contributed by atoms with Crippen molar-refractivity contribution >= 4 is 33.3 Å². The molecule has 1 aliphatic carbocycles. The normalized spacial score (nSPS) is 13.5. The van der Waals surface area contributed by atoms with E-state index in [4.69, 9.17) is 23.6 Å². The first-order valence-electron chi connectivity index (χ1n) is 12.3. The zero-order valence-corrected chi connectivity index (χ0v) is 21.6. The van der Waals surface area contributed by atoms with Gasteiger partial charge in [-0.15, -0.1) is 11.3 Å². The summed E-state index contributed by atoms with van der Waals surface area (Å²) < 4.78 is 22.8. The second-order valence-corrected chi connectivity index (χ2v) is 9.62. The van der Waals surface area contributed by atoms with Crippen LogP contribution in [0.2, 0.25) is 0 Å². The van der Waals surface area contributed by atoms with Gasteiger partial charge in [-0.05, 0) is 87.6 Å². The number of esters is 1. The monoisotopic (exact) mass is 503 g/mol. The van der Waals surface area contributed by atoms with Gasteiger partial charge in [0, 0.05) is 21.9 Å². The van der Waals surface area contributed by atoms with Crippen molar-refractivity contribution in [2.75, 3.05) is 20.3 Å². The first-order chi connectivity index (χ1) is 17.6. The van der Waals surface area contributed by atoms with E-state index >= 15 is 0 Å². The highest BCUT2D eigenvalue weighted by molar-refractivity contribution is 7.16. The average molecular weight is 504 g/mol. The third-order valence-electron chi connectivity index (χ3n) is 6.25. The molecule has 0 fully saturated rings. The Labute approximate surface area is 214 Å². The van der Waals surface area contributed by atoms with Crippen LogP contribution >= 0.6 is 11.3 Å². The third-order valence-corrected chi connectivity index (χ3v) is 7.44. The molecule has 0 unspecified atom stereocenters. The minimum atomic E-state index is -0.300. The molecule has 1 aliphatic rings. The molecule has 0 N–H and O–H groups in total. The fraction of sp³-hybridized carbons (Fsp3) is 0.310. The van der Waals surface area contributed by atoms with Gasteiger partial charge in [0.1, 0.15) is 27.8 Å². The van der Waals surface area contributed by atoms with Gasteiger partial charge in [0.05, 0.1) is 31.2 Å². The quantitative estimate of drug-likeness (QED) is 0.258. The molecule has 0 saturated heterocycles. The van der Waals surface area contributed by atoms with Crippen molar-refractivity contribution in [2.45, 2.75) is 39.5 Å². The van der Waals surface area contributed by atoms with Gasteiger partial charge in [-0.1, -0.05) is 0 Å². The standard InChI is InChI=1S/C29H29NO5S/c1-4-33-20-14-15-24-22(16-20)23(17-25(35-24)18-10-12-19(32-3)13-11-18)30-28-27(29(31)34-5-2)21-8-6-7-9-26(21)36-28/h10-17H,4-9H2,1-3H3/b30-23+. The highest BCUT2D eigenvalue weighted by Crippen LogP contribution is 2.40. The summed E-state index contributed by atoms with van der Waals surface area (Å²) >= 11 is 1.59. The van der Waals surface area contributed by atoms with Crippen LogP contribution < -0.4 is 14.8 Å². The Hall–Kier alpha value is -3.58. The van der Waals surface area contributed by atoms with Gasteiger partial charge in [-0.2, -0.15) is 0 Å². The molecule has 0 saturated carbocycles. The van der Waals surface area contributed by atoms with Gasteiger partial charge in [-0.3, -0.25) is 0 Å². The predicted molar refractivity (Wildman–Crippen MR) is 142 cm³/mol. The van der Waals surface area contributed by atoms with Crippen LogP contribution in [0.25, 0.3) is 22.3 Å². The molecule has 0 atom stereocenters. The number of ether oxygens (including phenoxy) is 3. The lowest BCUT2D eigenvalue weighted by Crippen LogP contribution is -2.10. The number of hydrogen-bond donors (Lipinski definition) is 0. The van der Waals surface area contributed by atoms with Gasteiger partial charge < -0.3 is 18.6 Å². The lowest BCUT2D eigenvalue weighted by molar-refractivity contribution is 0.0526. The van der Waals surface area contributed by atoms with Gasteiger partial charge >= 0.3 is 5.97 Å². The second kappa shape index (κ2) is 10.6. The zero-order valence-electron chi connectivity index (χ0n) is 20.8. The van der Waals surface area contributed by atoms with Gasteiger partial charge in [-0.25, -0.2) is 9.79 Å². The Balaban J connectivity index is 1.74. The molecule has 36 heavy (non-hydrogen) atoms. The number of aryl methyl sites for hydroxylation is 1. The third kappa shape index (κ3) is 4.75. The Kier molecular flexibility index (Phi) is 7.09. The first-order valence-corrected chi connectivity index (χ1v) is 13.1. The van der Waals surface area contributed by atoms with Crippen LogP contribution in [0.5, 0.6) is 11.5 Å². The van der Waals surface area contributed by atoms with Crippen LogP contribution in [-0.4, -0.2) is 26.3 Å². The van der Waals surface area contributed by atoms with Crippen molar-refractivity contribution in [1.29, 1.82) is 0 Å². The smallest absolute Gasteiger partial charge is 0.341 e. The Bertz CT molecular complexity index is 1470. The molecule has 2 aromatic heterocycles. The molecule has 5 rings (SSSR count). The molecule has 7 heteroatoms. The molecule has 2 heterocycles. The predicted octanol–water partition coefficient (Wildman–Crippen LogP) is 6.86. The summed E-state index contributed by atoms with van der Waals surface area (Å²) in [6, 6.07) is 15.4. The van der Waals surface area contributed by atoms with Crippen LogP contribution in [0.3, 0.4) is 0 Å². The molecule has 186 valence electrons. The zero-order chi connectivity index (χ0) is 25.1. The van der Waals surface area contributed by atoms with E-state index in [9.17, 15) is 4.79 Å².